The lowest BCUT2D eigenvalue weighted by atomic mass is 10.0. The summed E-state index contributed by atoms with van der Waals surface area (Å²) in [7, 11) is 0. The fourth-order valence-electron chi connectivity index (χ4n) is 1.59. The Bertz CT molecular complexity index is 458. The van der Waals surface area contributed by atoms with Crippen molar-refractivity contribution in [2.45, 2.75) is 12.5 Å². The number of hydrogen-bond donors (Lipinski definition) is 2. The zero-order valence-corrected chi connectivity index (χ0v) is 10.8. The normalized spacial score (nSPS) is 12.4. The van der Waals surface area contributed by atoms with Crippen molar-refractivity contribution in [1.29, 1.82) is 0 Å². The highest BCUT2D eigenvalue weighted by Gasteiger charge is 2.11. The zero-order valence-electron chi connectivity index (χ0n) is 9.18. The van der Waals surface area contributed by atoms with Gasteiger partial charge in [-0.15, -0.1) is 0 Å². The van der Waals surface area contributed by atoms with E-state index in [1.807, 2.05) is 30.5 Å². The van der Waals surface area contributed by atoms with E-state index < -0.39 is 0 Å². The highest BCUT2D eigenvalue weighted by atomic mass is 79.9. The van der Waals surface area contributed by atoms with Crippen LogP contribution >= 0.6 is 15.9 Å². The largest absolute Gasteiger partial charge is 0.271 e. The third-order valence-corrected chi connectivity index (χ3v) is 2.96. The number of halogens is 1. The molecule has 0 spiro atoms. The lowest BCUT2D eigenvalue weighted by molar-refractivity contribution is 0.544. The third kappa shape index (κ3) is 3.33. The van der Waals surface area contributed by atoms with Crippen molar-refractivity contribution in [3.63, 3.8) is 0 Å². The van der Waals surface area contributed by atoms with Crippen LogP contribution in [0.1, 0.15) is 17.3 Å². The van der Waals surface area contributed by atoms with E-state index >= 15 is 0 Å². The Kier molecular flexibility index (Phi) is 4.19. The van der Waals surface area contributed by atoms with Gasteiger partial charge in [0.15, 0.2) is 0 Å². The number of hydrazine groups is 1. The Hall–Kier alpha value is -1.30. The second kappa shape index (κ2) is 5.86. The van der Waals surface area contributed by atoms with Crippen LogP contribution in [-0.4, -0.2) is 9.97 Å². The molecule has 2 rings (SSSR count). The van der Waals surface area contributed by atoms with Crippen LogP contribution in [0.15, 0.2) is 47.3 Å². The predicted molar refractivity (Wildman–Crippen MR) is 69.9 cm³/mol. The van der Waals surface area contributed by atoms with Crippen molar-refractivity contribution < 1.29 is 0 Å². The molecular formula is C12H13BrN4. The summed E-state index contributed by atoms with van der Waals surface area (Å²) in [6, 6.07) is 7.87. The Morgan fingerprint density at radius 2 is 2.18 bits per heavy atom. The Balaban J connectivity index is 2.13. The van der Waals surface area contributed by atoms with Crippen LogP contribution in [0.25, 0.3) is 0 Å². The van der Waals surface area contributed by atoms with Crippen LogP contribution in [0.5, 0.6) is 0 Å². The summed E-state index contributed by atoms with van der Waals surface area (Å²) in [5, 5.41) is 0. The van der Waals surface area contributed by atoms with E-state index in [-0.39, 0.29) is 6.04 Å². The topological polar surface area (TPSA) is 63.8 Å². The van der Waals surface area contributed by atoms with Gasteiger partial charge in [0, 0.05) is 35.2 Å². The lowest BCUT2D eigenvalue weighted by Gasteiger charge is -2.15. The smallest absolute Gasteiger partial charge is 0.0530 e. The van der Waals surface area contributed by atoms with Gasteiger partial charge in [0.25, 0.3) is 0 Å². The molecule has 1 unspecified atom stereocenters. The SMILES string of the molecule is NNC(Cc1ccc(Br)cn1)c1cccnc1. The van der Waals surface area contributed by atoms with Gasteiger partial charge in [-0.3, -0.25) is 21.2 Å². The van der Waals surface area contributed by atoms with Crippen molar-refractivity contribution in [1.82, 2.24) is 15.4 Å². The summed E-state index contributed by atoms with van der Waals surface area (Å²) in [4.78, 5) is 8.41. The number of nitrogens with two attached hydrogens (primary N) is 1. The molecule has 4 nitrogen and oxygen atoms in total. The molecular weight excluding hydrogens is 280 g/mol. The van der Waals surface area contributed by atoms with Crippen molar-refractivity contribution in [2.24, 2.45) is 5.84 Å². The maximum atomic E-state index is 5.57. The molecule has 0 aliphatic carbocycles. The first kappa shape index (κ1) is 12.2. The summed E-state index contributed by atoms with van der Waals surface area (Å²) in [6.07, 6.45) is 6.07. The van der Waals surface area contributed by atoms with Gasteiger partial charge in [0.05, 0.1) is 6.04 Å². The average Bonchev–Trinajstić information content (AvgIpc) is 2.39. The zero-order chi connectivity index (χ0) is 12.1. The van der Waals surface area contributed by atoms with Crippen molar-refractivity contribution in [3.8, 4) is 0 Å². The average molecular weight is 293 g/mol. The van der Waals surface area contributed by atoms with Crippen LogP contribution in [0.2, 0.25) is 0 Å². The van der Waals surface area contributed by atoms with Crippen LogP contribution in [-0.2, 0) is 6.42 Å². The highest BCUT2D eigenvalue weighted by Crippen LogP contribution is 2.16. The summed E-state index contributed by atoms with van der Waals surface area (Å²) in [5.74, 6) is 5.57. The Morgan fingerprint density at radius 1 is 1.29 bits per heavy atom. The second-order valence-electron chi connectivity index (χ2n) is 3.68. The summed E-state index contributed by atoms with van der Waals surface area (Å²) >= 11 is 3.36. The summed E-state index contributed by atoms with van der Waals surface area (Å²) in [6.45, 7) is 0. The molecule has 0 bridgehead atoms. The van der Waals surface area contributed by atoms with E-state index in [0.717, 1.165) is 22.2 Å². The molecule has 0 aromatic carbocycles. The van der Waals surface area contributed by atoms with E-state index in [2.05, 4.69) is 31.3 Å². The van der Waals surface area contributed by atoms with E-state index in [0.29, 0.717) is 0 Å². The van der Waals surface area contributed by atoms with Crippen LogP contribution in [0.3, 0.4) is 0 Å². The minimum Gasteiger partial charge on any atom is -0.271 e. The molecule has 0 saturated carbocycles. The molecule has 3 N–H and O–H groups in total. The minimum absolute atomic E-state index is 0.0253. The van der Waals surface area contributed by atoms with Gasteiger partial charge in [-0.25, -0.2) is 0 Å². The van der Waals surface area contributed by atoms with Gasteiger partial charge in [-0.1, -0.05) is 6.07 Å². The van der Waals surface area contributed by atoms with Crippen molar-refractivity contribution >= 4 is 15.9 Å². The second-order valence-corrected chi connectivity index (χ2v) is 4.59. The summed E-state index contributed by atoms with van der Waals surface area (Å²) in [5.41, 5.74) is 4.83. The maximum Gasteiger partial charge on any atom is 0.0530 e. The quantitative estimate of drug-likeness (QED) is 0.668. The molecule has 2 aromatic heterocycles. The molecule has 5 heteroatoms. The number of aromatic nitrogens is 2. The first-order valence-corrected chi connectivity index (χ1v) is 6.05. The molecule has 1 atom stereocenters. The molecule has 0 amide bonds. The van der Waals surface area contributed by atoms with E-state index in [9.17, 15) is 0 Å². The molecule has 0 aliphatic rings. The summed E-state index contributed by atoms with van der Waals surface area (Å²) < 4.78 is 0.972. The number of rotatable bonds is 4. The van der Waals surface area contributed by atoms with Gasteiger partial charge >= 0.3 is 0 Å². The predicted octanol–water partition coefficient (Wildman–Crippen LogP) is 1.99. The number of nitrogens with one attached hydrogen (secondary N) is 1. The standard InChI is InChI=1S/C12H13BrN4/c13-10-3-4-11(16-8-10)6-12(17-14)9-2-1-5-15-7-9/h1-5,7-8,12,17H,6,14H2. The molecule has 0 fully saturated rings. The fraction of sp³-hybridized carbons (Fsp3) is 0.167. The molecule has 17 heavy (non-hydrogen) atoms. The van der Waals surface area contributed by atoms with Gasteiger partial charge in [0.1, 0.15) is 0 Å². The monoisotopic (exact) mass is 292 g/mol. The first-order valence-electron chi connectivity index (χ1n) is 5.26. The van der Waals surface area contributed by atoms with Crippen molar-refractivity contribution in [3.05, 3.63) is 58.6 Å². The molecule has 88 valence electrons. The highest BCUT2D eigenvalue weighted by molar-refractivity contribution is 9.10. The third-order valence-electron chi connectivity index (χ3n) is 2.49. The molecule has 2 aromatic rings. The van der Waals surface area contributed by atoms with Gasteiger partial charge in [-0.05, 0) is 39.7 Å². The van der Waals surface area contributed by atoms with Gasteiger partial charge in [-0.2, -0.15) is 0 Å². The van der Waals surface area contributed by atoms with Crippen LogP contribution in [0.4, 0.5) is 0 Å². The van der Waals surface area contributed by atoms with E-state index in [1.54, 1.807) is 12.4 Å². The first-order chi connectivity index (χ1) is 8.29. The fourth-order valence-corrected chi connectivity index (χ4v) is 1.83. The van der Waals surface area contributed by atoms with Gasteiger partial charge < -0.3 is 0 Å². The Labute approximate surface area is 108 Å². The Morgan fingerprint density at radius 3 is 2.76 bits per heavy atom. The van der Waals surface area contributed by atoms with E-state index in [4.69, 9.17) is 5.84 Å². The number of nitrogens with zero attached hydrogens (tertiary/aromatic N) is 2. The molecule has 2 heterocycles. The lowest BCUT2D eigenvalue weighted by Crippen LogP contribution is -2.29. The maximum absolute atomic E-state index is 5.57. The molecule has 0 aliphatic heterocycles. The van der Waals surface area contributed by atoms with Gasteiger partial charge in [0.2, 0.25) is 0 Å². The van der Waals surface area contributed by atoms with Crippen LogP contribution in [0, 0.1) is 0 Å². The number of pyridine rings is 2. The minimum atomic E-state index is 0.0253. The number of hydrogen-bond acceptors (Lipinski definition) is 4. The van der Waals surface area contributed by atoms with E-state index in [1.165, 1.54) is 0 Å². The molecule has 0 saturated heterocycles. The van der Waals surface area contributed by atoms with Crippen LogP contribution < -0.4 is 11.3 Å². The van der Waals surface area contributed by atoms with Crippen molar-refractivity contribution in [2.75, 3.05) is 0 Å². The molecule has 0 radical (unpaired) electrons.